The molecule has 3 aromatic heterocycles. The van der Waals surface area contributed by atoms with E-state index in [4.69, 9.17) is 28.3 Å². The Labute approximate surface area is 205 Å². The van der Waals surface area contributed by atoms with Crippen molar-refractivity contribution < 1.29 is 4.79 Å². The van der Waals surface area contributed by atoms with Crippen molar-refractivity contribution in [2.45, 2.75) is 25.8 Å². The first-order valence-corrected chi connectivity index (χ1v) is 11.7. The van der Waals surface area contributed by atoms with Crippen LogP contribution in [0.1, 0.15) is 24.6 Å². The molecule has 1 aliphatic heterocycles. The molecule has 1 saturated heterocycles. The van der Waals surface area contributed by atoms with Crippen LogP contribution in [0.2, 0.25) is 10.0 Å². The van der Waals surface area contributed by atoms with E-state index in [1.165, 1.54) is 12.4 Å². The lowest BCUT2D eigenvalue weighted by molar-refractivity contribution is -0.149. The van der Waals surface area contributed by atoms with Gasteiger partial charge in [0, 0.05) is 58.7 Å². The molecule has 2 fully saturated rings. The van der Waals surface area contributed by atoms with Crippen molar-refractivity contribution in [1.29, 1.82) is 0 Å². The van der Waals surface area contributed by atoms with Gasteiger partial charge in [-0.3, -0.25) is 14.6 Å². The molecule has 1 amide bonds. The molecule has 2 aliphatic rings. The van der Waals surface area contributed by atoms with Gasteiger partial charge >= 0.3 is 0 Å². The maximum absolute atomic E-state index is 11.9. The monoisotopic (exact) mass is 493 g/mol. The van der Waals surface area contributed by atoms with Gasteiger partial charge in [-0.1, -0.05) is 29.8 Å². The number of fused-ring (bicyclic) bond motifs is 1. The number of hydrogen-bond acceptors (Lipinski definition) is 5. The fraction of sp³-hybridized carbons (Fsp3) is 0.292. The number of aromatic nitrogens is 6. The van der Waals surface area contributed by atoms with Gasteiger partial charge in [-0.2, -0.15) is 10.2 Å². The summed E-state index contributed by atoms with van der Waals surface area (Å²) in [6, 6.07) is 2.01. The van der Waals surface area contributed by atoms with Gasteiger partial charge in [-0.25, -0.2) is 9.97 Å². The van der Waals surface area contributed by atoms with Gasteiger partial charge in [0.25, 0.3) is 0 Å². The van der Waals surface area contributed by atoms with E-state index in [2.05, 4.69) is 38.3 Å². The van der Waals surface area contributed by atoms with Crippen molar-refractivity contribution in [2.24, 2.45) is 5.41 Å². The maximum Gasteiger partial charge on any atom is 0.245 e. The minimum Gasteiger partial charge on any atom is -0.338 e. The summed E-state index contributed by atoms with van der Waals surface area (Å²) < 4.78 is 2.09. The summed E-state index contributed by atoms with van der Waals surface area (Å²) in [4.78, 5) is 22.1. The second-order valence-electron chi connectivity index (χ2n) is 9.22. The van der Waals surface area contributed by atoms with Gasteiger partial charge in [0.05, 0.1) is 27.8 Å². The largest absolute Gasteiger partial charge is 0.338 e. The third kappa shape index (κ3) is 3.09. The molecule has 1 saturated carbocycles. The molecule has 6 rings (SSSR count). The van der Waals surface area contributed by atoms with Gasteiger partial charge in [-0.05, 0) is 31.9 Å². The normalized spacial score (nSPS) is 17.1. The molecule has 1 N–H and O–H groups in total. The predicted molar refractivity (Wildman–Crippen MR) is 131 cm³/mol. The minimum absolute atomic E-state index is 0.00211. The van der Waals surface area contributed by atoms with E-state index in [0.29, 0.717) is 10.0 Å². The Hall–Kier alpha value is -3.23. The summed E-state index contributed by atoms with van der Waals surface area (Å²) in [6.07, 6.45) is 10.1. The van der Waals surface area contributed by atoms with Crippen molar-refractivity contribution in [1.82, 2.24) is 34.8 Å². The first-order valence-electron chi connectivity index (χ1n) is 11.0. The van der Waals surface area contributed by atoms with Crippen LogP contribution < -0.4 is 0 Å². The average molecular weight is 494 g/mol. The van der Waals surface area contributed by atoms with Gasteiger partial charge in [0.1, 0.15) is 12.0 Å². The summed E-state index contributed by atoms with van der Waals surface area (Å²) in [6.45, 7) is 7.19. The quantitative estimate of drug-likeness (QED) is 0.410. The number of likely N-dealkylation sites (tertiary alicyclic amines) is 1. The van der Waals surface area contributed by atoms with Gasteiger partial charge in [-0.15, -0.1) is 0 Å². The number of aromatic amines is 1. The van der Waals surface area contributed by atoms with Crippen LogP contribution in [0, 0.1) is 12.3 Å². The summed E-state index contributed by atoms with van der Waals surface area (Å²) in [5, 5.41) is 14.0. The zero-order chi connectivity index (χ0) is 23.6. The molecular formula is C24H21Cl2N7O. The van der Waals surface area contributed by atoms with Crippen molar-refractivity contribution >= 4 is 40.0 Å². The highest BCUT2D eigenvalue weighted by molar-refractivity contribution is 6.45. The maximum atomic E-state index is 11.9. The van der Waals surface area contributed by atoms with Crippen molar-refractivity contribution in [2.75, 3.05) is 13.1 Å². The number of H-pyrrole nitrogens is 1. The lowest BCUT2D eigenvalue weighted by Gasteiger charge is -2.58. The van der Waals surface area contributed by atoms with Gasteiger partial charge < -0.3 is 4.90 Å². The molecule has 0 bridgehead atoms. The molecule has 10 heteroatoms. The Morgan fingerprint density at radius 3 is 2.65 bits per heavy atom. The van der Waals surface area contributed by atoms with Crippen molar-refractivity contribution in [3.63, 3.8) is 0 Å². The molecule has 4 heterocycles. The van der Waals surface area contributed by atoms with Crippen molar-refractivity contribution in [3.8, 4) is 22.4 Å². The zero-order valence-electron chi connectivity index (χ0n) is 18.4. The lowest BCUT2D eigenvalue weighted by atomic mass is 9.60. The smallest absolute Gasteiger partial charge is 0.245 e. The third-order valence-electron chi connectivity index (χ3n) is 7.09. The van der Waals surface area contributed by atoms with E-state index in [1.807, 2.05) is 4.90 Å². The minimum atomic E-state index is -0.00211. The molecule has 0 radical (unpaired) electrons. The van der Waals surface area contributed by atoms with Crippen LogP contribution in [0.5, 0.6) is 0 Å². The Balaban J connectivity index is 1.44. The first-order chi connectivity index (χ1) is 16.4. The number of carbonyl (C=O) groups is 1. The SMILES string of the molecule is C=CC(=O)N1CC2(CC(n3nc(-c4cncnc4)c(-c4c(Cl)c(Cl)cc5[nH]ncc45)c3C)C2)C1. The van der Waals surface area contributed by atoms with Crippen LogP contribution in [0.15, 0.2) is 43.6 Å². The molecule has 4 aromatic rings. The fourth-order valence-corrected chi connectivity index (χ4v) is 5.95. The first kappa shape index (κ1) is 21.3. The van der Waals surface area contributed by atoms with Gasteiger partial charge in [0.2, 0.25) is 5.91 Å². The molecule has 8 nitrogen and oxygen atoms in total. The number of carbonyl (C=O) groups excluding carboxylic acids is 1. The topological polar surface area (TPSA) is 92.6 Å². The average Bonchev–Trinajstić information content (AvgIpc) is 3.38. The van der Waals surface area contributed by atoms with E-state index in [1.54, 1.807) is 24.7 Å². The zero-order valence-corrected chi connectivity index (χ0v) is 19.9. The van der Waals surface area contributed by atoms with E-state index in [-0.39, 0.29) is 17.4 Å². The molecule has 34 heavy (non-hydrogen) atoms. The van der Waals surface area contributed by atoms with Crippen LogP contribution in [0.3, 0.4) is 0 Å². The third-order valence-corrected chi connectivity index (χ3v) is 7.88. The fourth-order valence-electron chi connectivity index (χ4n) is 5.49. The van der Waals surface area contributed by atoms with Gasteiger partial charge in [0.15, 0.2) is 0 Å². The summed E-state index contributed by atoms with van der Waals surface area (Å²) >= 11 is 13.3. The molecule has 1 spiro atoms. The number of rotatable bonds is 4. The predicted octanol–water partition coefficient (Wildman–Crippen LogP) is 4.85. The highest BCUT2D eigenvalue weighted by Gasteiger charge is 2.54. The lowest BCUT2D eigenvalue weighted by Crippen LogP contribution is -2.63. The Morgan fingerprint density at radius 1 is 1.21 bits per heavy atom. The Morgan fingerprint density at radius 2 is 1.94 bits per heavy atom. The number of amides is 1. The van der Waals surface area contributed by atoms with Crippen LogP contribution in [-0.4, -0.2) is 53.8 Å². The molecule has 1 aromatic carbocycles. The van der Waals surface area contributed by atoms with Crippen LogP contribution >= 0.6 is 23.2 Å². The van der Waals surface area contributed by atoms with Crippen LogP contribution in [-0.2, 0) is 4.79 Å². The number of halogens is 2. The summed E-state index contributed by atoms with van der Waals surface area (Å²) in [5.74, 6) is -0.00211. The van der Waals surface area contributed by atoms with Crippen LogP contribution in [0.4, 0.5) is 0 Å². The number of nitrogens with zero attached hydrogens (tertiary/aromatic N) is 6. The highest BCUT2D eigenvalue weighted by Crippen LogP contribution is 2.55. The van der Waals surface area contributed by atoms with E-state index in [9.17, 15) is 4.79 Å². The van der Waals surface area contributed by atoms with Crippen LogP contribution in [0.25, 0.3) is 33.3 Å². The summed E-state index contributed by atoms with van der Waals surface area (Å²) in [5.41, 5.74) is 5.20. The second-order valence-corrected chi connectivity index (χ2v) is 10.0. The molecule has 0 atom stereocenters. The van der Waals surface area contributed by atoms with Crippen molar-refractivity contribution in [3.05, 3.63) is 59.4 Å². The van der Waals surface area contributed by atoms with E-state index in [0.717, 1.165) is 64.9 Å². The molecular weight excluding hydrogens is 473 g/mol. The molecule has 0 unspecified atom stereocenters. The Kier molecular flexibility index (Phi) is 4.79. The van der Waals surface area contributed by atoms with E-state index < -0.39 is 0 Å². The Bertz CT molecular complexity index is 1450. The number of hydrogen-bond donors (Lipinski definition) is 1. The molecule has 172 valence electrons. The number of benzene rings is 1. The highest BCUT2D eigenvalue weighted by atomic mass is 35.5. The standard InChI is InChI=1S/C24H21Cl2N7O/c1-3-19(34)32-10-24(11-32)5-15(6-24)33-13(2)20(23(31-33)14-7-27-12-28-8-14)21-16-9-29-30-18(16)4-17(25)22(21)26/h3-4,7-9,12,15H,1,5-6,10-11H2,2H3,(H,29,30). The number of nitrogens with one attached hydrogen (secondary N) is 1. The molecule has 1 aliphatic carbocycles. The van der Waals surface area contributed by atoms with E-state index >= 15 is 0 Å². The summed E-state index contributed by atoms with van der Waals surface area (Å²) in [7, 11) is 0. The second kappa shape index (κ2) is 7.65.